The number of sulfonamides is 1. The Morgan fingerprint density at radius 1 is 1.29 bits per heavy atom. The third-order valence-corrected chi connectivity index (χ3v) is 7.06. The Kier molecular flexibility index (Phi) is 4.94. The van der Waals surface area contributed by atoms with Crippen LogP contribution >= 0.6 is 11.6 Å². The van der Waals surface area contributed by atoms with Crippen molar-refractivity contribution in [3.05, 3.63) is 28.8 Å². The van der Waals surface area contributed by atoms with E-state index >= 15 is 0 Å². The van der Waals surface area contributed by atoms with Crippen LogP contribution in [0.25, 0.3) is 0 Å². The first-order valence-corrected chi connectivity index (χ1v) is 10.0. The summed E-state index contributed by atoms with van der Waals surface area (Å²) in [5.41, 5.74) is 0.436. The second-order valence-electron chi connectivity index (χ2n) is 4.97. The predicted molar refractivity (Wildman–Crippen MR) is 79.4 cm³/mol. The molecule has 1 aliphatic heterocycles. The molecule has 9 heteroatoms. The molecule has 0 aromatic heterocycles. The largest absolute Gasteiger partial charge is 0.392 e. The number of sulfone groups is 1. The lowest BCUT2D eigenvalue weighted by atomic mass is 10.2. The van der Waals surface area contributed by atoms with Gasteiger partial charge < -0.3 is 5.11 Å². The van der Waals surface area contributed by atoms with Gasteiger partial charge in [0, 0.05) is 6.04 Å². The van der Waals surface area contributed by atoms with Gasteiger partial charge in [-0.15, -0.1) is 0 Å². The van der Waals surface area contributed by atoms with Crippen LogP contribution < -0.4 is 4.72 Å². The smallest absolute Gasteiger partial charge is 0.242 e. The maximum atomic E-state index is 12.3. The van der Waals surface area contributed by atoms with Crippen molar-refractivity contribution in [2.45, 2.75) is 30.4 Å². The summed E-state index contributed by atoms with van der Waals surface area (Å²) in [5.74, 6) is -0.0464. The van der Waals surface area contributed by atoms with Gasteiger partial charge in [0.1, 0.15) is 14.7 Å². The van der Waals surface area contributed by atoms with Crippen molar-refractivity contribution < 1.29 is 21.9 Å². The van der Waals surface area contributed by atoms with Crippen molar-refractivity contribution in [2.75, 3.05) is 11.5 Å². The summed E-state index contributed by atoms with van der Waals surface area (Å²) in [6, 6.07) is 3.83. The molecule has 2 rings (SSSR count). The van der Waals surface area contributed by atoms with Gasteiger partial charge in [0.05, 0.1) is 23.1 Å². The van der Waals surface area contributed by atoms with Crippen molar-refractivity contribution in [3.8, 4) is 0 Å². The number of rotatable bonds is 4. The molecule has 0 radical (unpaired) electrons. The molecule has 0 bridgehead atoms. The zero-order valence-electron chi connectivity index (χ0n) is 11.1. The minimum atomic E-state index is -3.85. The van der Waals surface area contributed by atoms with Crippen LogP contribution in [-0.4, -0.2) is 39.5 Å². The van der Waals surface area contributed by atoms with Crippen LogP contribution in [0, 0.1) is 0 Å². The SMILES string of the molecule is O=S1(=O)CCC(NS(=O)(=O)c2cc(CO)ccc2Cl)CC1. The van der Waals surface area contributed by atoms with Gasteiger partial charge in [0.25, 0.3) is 0 Å². The van der Waals surface area contributed by atoms with E-state index in [4.69, 9.17) is 16.7 Å². The van der Waals surface area contributed by atoms with E-state index in [0.29, 0.717) is 5.56 Å². The quantitative estimate of drug-likeness (QED) is 0.829. The first-order chi connectivity index (χ1) is 9.73. The first kappa shape index (κ1) is 16.7. The Morgan fingerprint density at radius 3 is 2.48 bits per heavy atom. The maximum Gasteiger partial charge on any atom is 0.242 e. The highest BCUT2D eigenvalue weighted by Gasteiger charge is 2.28. The van der Waals surface area contributed by atoms with E-state index in [0.717, 1.165) is 0 Å². The summed E-state index contributed by atoms with van der Waals surface area (Å²) in [7, 11) is -6.90. The van der Waals surface area contributed by atoms with Crippen molar-refractivity contribution >= 4 is 31.5 Å². The van der Waals surface area contributed by atoms with Gasteiger partial charge in [0.15, 0.2) is 0 Å². The van der Waals surface area contributed by atoms with Gasteiger partial charge in [0.2, 0.25) is 10.0 Å². The van der Waals surface area contributed by atoms with E-state index in [2.05, 4.69) is 4.72 Å². The van der Waals surface area contributed by atoms with Crippen LogP contribution in [0.2, 0.25) is 5.02 Å². The molecular weight excluding hydrogens is 338 g/mol. The van der Waals surface area contributed by atoms with Gasteiger partial charge in [-0.3, -0.25) is 0 Å². The molecule has 1 aromatic rings. The number of hydrogen-bond donors (Lipinski definition) is 2. The molecule has 0 saturated carbocycles. The third-order valence-electron chi connectivity index (χ3n) is 3.34. The number of aliphatic hydroxyl groups excluding tert-OH is 1. The monoisotopic (exact) mass is 353 g/mol. The predicted octanol–water partition coefficient (Wildman–Crippen LogP) is 0.688. The molecule has 0 atom stereocenters. The molecule has 2 N–H and O–H groups in total. The average molecular weight is 354 g/mol. The fraction of sp³-hybridized carbons (Fsp3) is 0.500. The summed E-state index contributed by atoms with van der Waals surface area (Å²) in [6.45, 7) is -0.290. The number of aliphatic hydroxyl groups is 1. The van der Waals surface area contributed by atoms with Crippen LogP contribution in [0.4, 0.5) is 0 Å². The van der Waals surface area contributed by atoms with Gasteiger partial charge in [-0.2, -0.15) is 0 Å². The summed E-state index contributed by atoms with van der Waals surface area (Å²) in [4.78, 5) is -0.107. The molecule has 1 aromatic carbocycles. The average Bonchev–Trinajstić information content (AvgIpc) is 2.41. The van der Waals surface area contributed by atoms with Crippen LogP contribution in [-0.2, 0) is 26.5 Å². The van der Waals surface area contributed by atoms with E-state index in [9.17, 15) is 16.8 Å². The lowest BCUT2D eigenvalue weighted by Gasteiger charge is -2.23. The van der Waals surface area contributed by atoms with E-state index < -0.39 is 25.9 Å². The molecular formula is C12H16ClNO5S2. The van der Waals surface area contributed by atoms with Crippen molar-refractivity contribution in [3.63, 3.8) is 0 Å². The minimum Gasteiger partial charge on any atom is -0.392 e. The third kappa shape index (κ3) is 4.17. The molecule has 1 aliphatic rings. The van der Waals surface area contributed by atoms with Gasteiger partial charge in [-0.25, -0.2) is 21.6 Å². The highest BCUT2D eigenvalue weighted by molar-refractivity contribution is 7.91. The summed E-state index contributed by atoms with van der Waals surface area (Å²) >= 11 is 5.90. The summed E-state index contributed by atoms with van der Waals surface area (Å²) < 4.78 is 49.8. The van der Waals surface area contributed by atoms with Crippen LogP contribution in [0.5, 0.6) is 0 Å². The number of halogens is 1. The molecule has 1 saturated heterocycles. The van der Waals surface area contributed by atoms with Gasteiger partial charge in [-0.1, -0.05) is 17.7 Å². The Hall–Kier alpha value is -0.670. The highest BCUT2D eigenvalue weighted by Crippen LogP contribution is 2.24. The van der Waals surface area contributed by atoms with E-state index in [1.807, 2.05) is 0 Å². The Morgan fingerprint density at radius 2 is 1.90 bits per heavy atom. The molecule has 0 unspecified atom stereocenters. The maximum absolute atomic E-state index is 12.3. The molecule has 6 nitrogen and oxygen atoms in total. The molecule has 118 valence electrons. The standard InChI is InChI=1S/C12H16ClNO5S2/c13-11-2-1-9(8-15)7-12(11)21(18,19)14-10-3-5-20(16,17)6-4-10/h1-2,7,10,14-15H,3-6,8H2. The van der Waals surface area contributed by atoms with Gasteiger partial charge in [-0.05, 0) is 30.5 Å². The van der Waals surface area contributed by atoms with E-state index in [1.54, 1.807) is 0 Å². The molecule has 0 spiro atoms. The van der Waals surface area contributed by atoms with Crippen LogP contribution in [0.3, 0.4) is 0 Å². The summed E-state index contributed by atoms with van der Waals surface area (Å²) in [6.07, 6.45) is 0.498. The van der Waals surface area contributed by atoms with Crippen LogP contribution in [0.1, 0.15) is 18.4 Å². The summed E-state index contributed by atoms with van der Waals surface area (Å²) in [5, 5.41) is 9.13. The minimum absolute atomic E-state index is 0.0232. The van der Waals surface area contributed by atoms with Crippen molar-refractivity contribution in [1.29, 1.82) is 0 Å². The molecule has 1 fully saturated rings. The lowest BCUT2D eigenvalue weighted by molar-refractivity contribution is 0.281. The van der Waals surface area contributed by atoms with Gasteiger partial charge >= 0.3 is 0 Å². The zero-order valence-corrected chi connectivity index (χ0v) is 13.5. The second kappa shape index (κ2) is 6.21. The topological polar surface area (TPSA) is 101 Å². The number of nitrogens with one attached hydrogen (secondary N) is 1. The van der Waals surface area contributed by atoms with Crippen LogP contribution in [0.15, 0.2) is 23.1 Å². The van der Waals surface area contributed by atoms with Crippen molar-refractivity contribution in [1.82, 2.24) is 4.72 Å². The van der Waals surface area contributed by atoms with E-state index in [1.165, 1.54) is 18.2 Å². The fourth-order valence-corrected chi connectivity index (χ4v) is 5.49. The Labute approximate surface area is 129 Å². The highest BCUT2D eigenvalue weighted by atomic mass is 35.5. The normalized spacial score (nSPS) is 19.5. The number of hydrogen-bond acceptors (Lipinski definition) is 5. The molecule has 0 amide bonds. The number of benzene rings is 1. The second-order valence-corrected chi connectivity index (χ2v) is 9.36. The zero-order chi connectivity index (χ0) is 15.7. The van der Waals surface area contributed by atoms with E-state index in [-0.39, 0.29) is 40.9 Å². The molecule has 1 heterocycles. The molecule has 0 aliphatic carbocycles. The molecule has 21 heavy (non-hydrogen) atoms. The van der Waals surface area contributed by atoms with Crippen molar-refractivity contribution in [2.24, 2.45) is 0 Å². The first-order valence-electron chi connectivity index (χ1n) is 6.35. The lowest BCUT2D eigenvalue weighted by Crippen LogP contribution is -2.40. The fourth-order valence-electron chi connectivity index (χ4n) is 2.14. The Bertz CT molecular complexity index is 716. The Balaban J connectivity index is 2.19.